The molecule has 2 aliphatic rings. The van der Waals surface area contributed by atoms with Gasteiger partial charge in [0.2, 0.25) is 17.6 Å². The molecule has 4 amide bonds. The highest BCUT2D eigenvalue weighted by atomic mass is 16.6. The van der Waals surface area contributed by atoms with Crippen molar-refractivity contribution in [3.05, 3.63) is 0 Å². The molecule has 1 aliphatic carbocycles. The van der Waals surface area contributed by atoms with Crippen LogP contribution in [-0.4, -0.2) is 71.4 Å². The van der Waals surface area contributed by atoms with Crippen LogP contribution in [-0.2, 0) is 28.8 Å². The molecule has 3 N–H and O–H groups in total. The maximum atomic E-state index is 13.9. The second kappa shape index (κ2) is 11.6. The molecule has 0 aromatic carbocycles. The van der Waals surface area contributed by atoms with Gasteiger partial charge >= 0.3 is 12.0 Å². The molecule has 11 nitrogen and oxygen atoms in total. The quantitative estimate of drug-likeness (QED) is 0.286. The Labute approximate surface area is 226 Å². The lowest BCUT2D eigenvalue weighted by Crippen LogP contribution is -2.60. The Hall–Kier alpha value is -2.69. The number of ketones is 1. The molecule has 1 saturated carbocycles. The predicted molar refractivity (Wildman–Crippen MR) is 140 cm³/mol. The standard InChI is InChI=1S/C27H46N4O7/c1-11-13-16(19(32)22(34)30-37-12-2)28-21(33)18-17-15(27(17,9)10)14-31(18)23(35)20(25(3,4)5)29-24(36)38-26(6,7)8/h15-18,20H,11-14H2,1-10H3,(H,28,33)(H,29,36)(H,30,34)/t15-,16-,17-,18-,20+/m0/s1. The van der Waals surface area contributed by atoms with Crippen LogP contribution in [0, 0.1) is 22.7 Å². The van der Waals surface area contributed by atoms with E-state index in [1.54, 1.807) is 27.7 Å². The summed E-state index contributed by atoms with van der Waals surface area (Å²) in [6.07, 6.45) is 0.0907. The average molecular weight is 539 g/mol. The van der Waals surface area contributed by atoms with Crippen LogP contribution in [0.4, 0.5) is 4.79 Å². The molecule has 216 valence electrons. The summed E-state index contributed by atoms with van der Waals surface area (Å²) in [5.41, 5.74) is 0.504. The summed E-state index contributed by atoms with van der Waals surface area (Å²) >= 11 is 0. The maximum Gasteiger partial charge on any atom is 0.408 e. The summed E-state index contributed by atoms with van der Waals surface area (Å²) in [6.45, 7) is 18.8. The van der Waals surface area contributed by atoms with Crippen molar-refractivity contribution >= 4 is 29.6 Å². The number of piperidine rings is 1. The fourth-order valence-corrected chi connectivity index (χ4v) is 5.21. The van der Waals surface area contributed by atoms with Crippen molar-refractivity contribution in [1.82, 2.24) is 21.0 Å². The smallest absolute Gasteiger partial charge is 0.408 e. The number of hydrogen-bond donors (Lipinski definition) is 3. The number of hydrogen-bond acceptors (Lipinski definition) is 7. The molecule has 1 saturated heterocycles. The molecule has 0 aromatic rings. The van der Waals surface area contributed by atoms with Gasteiger partial charge in [-0.05, 0) is 56.8 Å². The summed E-state index contributed by atoms with van der Waals surface area (Å²) in [5, 5.41) is 5.44. The van der Waals surface area contributed by atoms with E-state index in [4.69, 9.17) is 9.57 Å². The van der Waals surface area contributed by atoms with E-state index in [9.17, 15) is 24.0 Å². The minimum atomic E-state index is -1.05. The number of alkyl carbamates (subject to hydrolysis) is 1. The van der Waals surface area contributed by atoms with Crippen molar-refractivity contribution in [1.29, 1.82) is 0 Å². The number of fused-ring (bicyclic) bond motifs is 1. The van der Waals surface area contributed by atoms with E-state index in [-0.39, 0.29) is 36.2 Å². The molecule has 1 aliphatic heterocycles. The topological polar surface area (TPSA) is 143 Å². The van der Waals surface area contributed by atoms with Gasteiger partial charge in [-0.1, -0.05) is 48.0 Å². The molecule has 0 bridgehead atoms. The van der Waals surface area contributed by atoms with Crippen molar-refractivity contribution < 1.29 is 33.5 Å². The first-order valence-corrected chi connectivity index (χ1v) is 13.4. The Morgan fingerprint density at radius 3 is 2.11 bits per heavy atom. The van der Waals surface area contributed by atoms with Gasteiger partial charge in [0.25, 0.3) is 0 Å². The first-order chi connectivity index (χ1) is 17.4. The summed E-state index contributed by atoms with van der Waals surface area (Å²) < 4.78 is 5.38. The first kappa shape index (κ1) is 31.5. The number of Topliss-reactive ketones (excluding diaryl/α,β-unsaturated/α-hetero) is 1. The third kappa shape index (κ3) is 7.24. The summed E-state index contributed by atoms with van der Waals surface area (Å²) in [7, 11) is 0. The van der Waals surface area contributed by atoms with Gasteiger partial charge in [-0.15, -0.1) is 0 Å². The minimum absolute atomic E-state index is 0.103. The monoisotopic (exact) mass is 538 g/mol. The van der Waals surface area contributed by atoms with E-state index < -0.39 is 52.8 Å². The van der Waals surface area contributed by atoms with Crippen molar-refractivity contribution in [2.24, 2.45) is 22.7 Å². The summed E-state index contributed by atoms with van der Waals surface area (Å²) in [5.74, 6) is -2.63. The highest BCUT2D eigenvalue weighted by Crippen LogP contribution is 2.65. The minimum Gasteiger partial charge on any atom is -0.444 e. The van der Waals surface area contributed by atoms with Gasteiger partial charge in [0.05, 0.1) is 12.6 Å². The van der Waals surface area contributed by atoms with Gasteiger partial charge < -0.3 is 20.3 Å². The van der Waals surface area contributed by atoms with Crippen LogP contribution in [0.2, 0.25) is 0 Å². The molecule has 0 radical (unpaired) electrons. The molecule has 0 unspecified atom stereocenters. The summed E-state index contributed by atoms with van der Waals surface area (Å²) in [4.78, 5) is 71.5. The lowest BCUT2D eigenvalue weighted by atomic mass is 9.85. The molecule has 38 heavy (non-hydrogen) atoms. The zero-order valence-electron chi connectivity index (χ0n) is 24.5. The molecular weight excluding hydrogens is 492 g/mol. The Balaban J connectivity index is 2.29. The number of likely N-dealkylation sites (tertiary alicyclic amines) is 1. The van der Waals surface area contributed by atoms with Crippen LogP contribution in [0.5, 0.6) is 0 Å². The van der Waals surface area contributed by atoms with E-state index in [2.05, 4.69) is 30.0 Å². The van der Waals surface area contributed by atoms with Gasteiger partial charge in [-0.3, -0.25) is 24.0 Å². The van der Waals surface area contributed by atoms with Gasteiger partial charge in [0, 0.05) is 6.54 Å². The SMILES string of the molecule is CCC[C@H](NC(=O)[C@@H]1[C@@H]2[C@H](CN1C(=O)[C@@H](NC(=O)OC(C)(C)C)C(C)(C)C)C2(C)C)C(=O)C(=O)NOCC. The number of carbonyl (C=O) groups is 5. The van der Waals surface area contributed by atoms with Crippen LogP contribution in [0.25, 0.3) is 0 Å². The normalized spacial score (nSPS) is 23.5. The van der Waals surface area contributed by atoms with Gasteiger partial charge in [-0.2, -0.15) is 0 Å². The van der Waals surface area contributed by atoms with Gasteiger partial charge in [0.1, 0.15) is 17.7 Å². The van der Waals surface area contributed by atoms with E-state index in [1.807, 2.05) is 27.7 Å². The van der Waals surface area contributed by atoms with Gasteiger partial charge in [-0.25, -0.2) is 10.3 Å². The Kier molecular flexibility index (Phi) is 9.62. The lowest BCUT2D eigenvalue weighted by Gasteiger charge is -2.38. The Morgan fingerprint density at radius 1 is 1.00 bits per heavy atom. The Bertz CT molecular complexity index is 935. The van der Waals surface area contributed by atoms with E-state index in [1.165, 1.54) is 4.90 Å². The highest BCUT2D eigenvalue weighted by Gasteiger charge is 2.69. The third-order valence-corrected chi connectivity index (χ3v) is 7.28. The van der Waals surface area contributed by atoms with Crippen LogP contribution >= 0.6 is 0 Å². The number of nitrogens with zero attached hydrogens (tertiary/aromatic N) is 1. The first-order valence-electron chi connectivity index (χ1n) is 13.4. The zero-order chi connectivity index (χ0) is 29.2. The molecule has 5 atom stereocenters. The van der Waals surface area contributed by atoms with Crippen molar-refractivity contribution in [2.75, 3.05) is 13.2 Å². The summed E-state index contributed by atoms with van der Waals surface area (Å²) in [6, 6.07) is -2.84. The third-order valence-electron chi connectivity index (χ3n) is 7.28. The number of ether oxygens (including phenoxy) is 1. The van der Waals surface area contributed by atoms with E-state index in [0.717, 1.165) is 0 Å². The number of nitrogens with one attached hydrogen (secondary N) is 3. The van der Waals surface area contributed by atoms with Crippen LogP contribution in [0.15, 0.2) is 0 Å². The average Bonchev–Trinajstić information content (AvgIpc) is 3.11. The van der Waals surface area contributed by atoms with Crippen LogP contribution < -0.4 is 16.1 Å². The van der Waals surface area contributed by atoms with Crippen molar-refractivity contribution in [3.8, 4) is 0 Å². The molecule has 0 aromatic heterocycles. The fourth-order valence-electron chi connectivity index (χ4n) is 5.21. The van der Waals surface area contributed by atoms with Crippen LogP contribution in [0.1, 0.15) is 82.1 Å². The molecule has 2 rings (SSSR count). The Morgan fingerprint density at radius 2 is 1.61 bits per heavy atom. The molecule has 1 heterocycles. The maximum absolute atomic E-state index is 13.9. The molecule has 2 fully saturated rings. The molecular formula is C27H46N4O7. The number of carbonyl (C=O) groups excluding carboxylic acids is 5. The molecule has 11 heteroatoms. The van der Waals surface area contributed by atoms with Crippen molar-refractivity contribution in [2.45, 2.75) is 106 Å². The second-order valence-electron chi connectivity index (χ2n) is 12.9. The fraction of sp³-hybridized carbons (Fsp3) is 0.815. The van der Waals surface area contributed by atoms with E-state index in [0.29, 0.717) is 13.0 Å². The van der Waals surface area contributed by atoms with Crippen LogP contribution in [0.3, 0.4) is 0 Å². The second-order valence-corrected chi connectivity index (χ2v) is 12.9. The predicted octanol–water partition coefficient (Wildman–Crippen LogP) is 2.33. The highest BCUT2D eigenvalue weighted by molar-refractivity contribution is 6.38. The largest absolute Gasteiger partial charge is 0.444 e. The van der Waals surface area contributed by atoms with Crippen molar-refractivity contribution in [3.63, 3.8) is 0 Å². The lowest BCUT2D eigenvalue weighted by molar-refractivity contribution is -0.148. The number of hydroxylamine groups is 1. The van der Waals surface area contributed by atoms with E-state index >= 15 is 0 Å². The number of amides is 4. The number of rotatable bonds is 10. The zero-order valence-corrected chi connectivity index (χ0v) is 24.5. The molecule has 0 spiro atoms. The van der Waals surface area contributed by atoms with Gasteiger partial charge in [0.15, 0.2) is 0 Å².